The van der Waals surface area contributed by atoms with Crippen LogP contribution in [-0.4, -0.2) is 27.4 Å². The second-order valence-corrected chi connectivity index (χ2v) is 4.13. The second-order valence-electron chi connectivity index (χ2n) is 2.82. The van der Waals surface area contributed by atoms with E-state index in [0.717, 1.165) is 12.1 Å². The number of nitrogen functional groups attached to an aromatic ring is 1. The molecular weight excluding hydrogens is 310 g/mol. The number of hydrogen-bond acceptors (Lipinski definition) is 7. The van der Waals surface area contributed by atoms with Crippen molar-refractivity contribution in [1.29, 1.82) is 0 Å². The molecule has 1 aromatic rings. The summed E-state index contributed by atoms with van der Waals surface area (Å²) in [7, 11) is -4.67. The minimum atomic E-state index is -4.67. The number of benzene rings is 1. The summed E-state index contributed by atoms with van der Waals surface area (Å²) in [6.45, 7) is 0. The van der Waals surface area contributed by atoms with E-state index in [1.54, 1.807) is 0 Å². The molecule has 0 unspecified atom stereocenters. The molecule has 13 heteroatoms. The predicted octanol–water partition coefficient (Wildman–Crippen LogP) is 1.09. The van der Waals surface area contributed by atoms with Crippen LogP contribution >= 0.6 is 11.6 Å². The average Bonchev–Trinajstić information content (AvgIpc) is 2.18. The number of nitro benzene ring substituents is 2. The molecule has 11 nitrogen and oxygen atoms in total. The zero-order valence-electron chi connectivity index (χ0n) is 8.76. The zero-order valence-corrected chi connectivity index (χ0v) is 10.3. The standard InChI is InChI=1S/C6H4ClN3O4.H2O4S/c7-4-1-3(9(11)12)2-5(6(4)8)10(13)14;1-5(2,3)4/h1-2H,8H2;(H2,1,2,3,4). The van der Waals surface area contributed by atoms with E-state index in [-0.39, 0.29) is 10.7 Å². The number of anilines is 1. The maximum atomic E-state index is 10.4. The predicted molar refractivity (Wildman–Crippen MR) is 63.4 cm³/mol. The second kappa shape index (κ2) is 6.24. The molecule has 0 heterocycles. The highest BCUT2D eigenvalue weighted by Gasteiger charge is 2.20. The van der Waals surface area contributed by atoms with Gasteiger partial charge in [0.15, 0.2) is 0 Å². The van der Waals surface area contributed by atoms with E-state index in [0.29, 0.717) is 0 Å². The van der Waals surface area contributed by atoms with Crippen LogP contribution in [-0.2, 0) is 10.4 Å². The molecule has 0 aliphatic rings. The summed E-state index contributed by atoms with van der Waals surface area (Å²) in [6, 6.07) is 1.73. The number of rotatable bonds is 2. The Hall–Kier alpha value is -2.02. The van der Waals surface area contributed by atoms with Gasteiger partial charge in [-0.15, -0.1) is 0 Å². The Bertz CT molecular complexity index is 607. The van der Waals surface area contributed by atoms with Crippen LogP contribution in [0.3, 0.4) is 0 Å². The largest absolute Gasteiger partial charge is 0.394 e. The normalized spacial score (nSPS) is 10.3. The van der Waals surface area contributed by atoms with Crippen LogP contribution in [0, 0.1) is 20.2 Å². The lowest BCUT2D eigenvalue weighted by molar-refractivity contribution is -0.393. The highest BCUT2D eigenvalue weighted by atomic mass is 35.5. The van der Waals surface area contributed by atoms with E-state index in [4.69, 9.17) is 34.9 Å². The van der Waals surface area contributed by atoms with E-state index in [9.17, 15) is 20.2 Å². The fourth-order valence-electron chi connectivity index (χ4n) is 0.846. The Morgan fingerprint density at radius 3 is 1.89 bits per heavy atom. The van der Waals surface area contributed by atoms with Gasteiger partial charge in [-0.3, -0.25) is 29.3 Å². The number of non-ortho nitro benzene ring substituents is 1. The monoisotopic (exact) mass is 315 g/mol. The first-order valence-corrected chi connectivity index (χ1v) is 5.78. The number of nitrogens with two attached hydrogens (primary N) is 1. The first-order valence-electron chi connectivity index (χ1n) is 4.01. The Kier molecular flexibility index (Phi) is 5.57. The van der Waals surface area contributed by atoms with E-state index in [2.05, 4.69) is 0 Å². The quantitative estimate of drug-likeness (QED) is 0.310. The fraction of sp³-hybridized carbons (Fsp3) is 0. The molecule has 0 radical (unpaired) electrons. The van der Waals surface area contributed by atoms with Gasteiger partial charge in [-0.05, 0) is 0 Å². The van der Waals surface area contributed by atoms with Gasteiger partial charge in [0.2, 0.25) is 0 Å². The highest BCUT2D eigenvalue weighted by molar-refractivity contribution is 7.79. The molecule has 19 heavy (non-hydrogen) atoms. The summed E-state index contributed by atoms with van der Waals surface area (Å²) in [4.78, 5) is 19.1. The molecule has 0 fully saturated rings. The van der Waals surface area contributed by atoms with Crippen LogP contribution in [0.1, 0.15) is 0 Å². The van der Waals surface area contributed by atoms with Crippen LogP contribution in [0.25, 0.3) is 0 Å². The van der Waals surface area contributed by atoms with Crippen molar-refractivity contribution in [2.45, 2.75) is 0 Å². The van der Waals surface area contributed by atoms with Gasteiger partial charge in [0.25, 0.3) is 5.69 Å². The Morgan fingerprint density at radius 1 is 1.16 bits per heavy atom. The van der Waals surface area contributed by atoms with Crippen molar-refractivity contribution >= 4 is 39.1 Å². The Balaban J connectivity index is 0.000000555. The van der Waals surface area contributed by atoms with Crippen LogP contribution in [0.15, 0.2) is 12.1 Å². The molecule has 0 aliphatic carbocycles. The fourth-order valence-corrected chi connectivity index (χ4v) is 1.05. The summed E-state index contributed by atoms with van der Waals surface area (Å²) in [5, 5.41) is 20.5. The number of nitrogens with zero attached hydrogens (tertiary/aromatic N) is 2. The molecule has 0 saturated heterocycles. The summed E-state index contributed by atoms with van der Waals surface area (Å²) in [5.74, 6) is 0. The van der Waals surface area contributed by atoms with E-state index in [1.165, 1.54) is 0 Å². The van der Waals surface area contributed by atoms with Gasteiger partial charge in [0.1, 0.15) is 5.69 Å². The van der Waals surface area contributed by atoms with Crippen molar-refractivity contribution in [2.75, 3.05) is 5.73 Å². The molecule has 4 N–H and O–H groups in total. The maximum absolute atomic E-state index is 10.4. The van der Waals surface area contributed by atoms with E-state index >= 15 is 0 Å². The van der Waals surface area contributed by atoms with Gasteiger partial charge in [0, 0.05) is 6.07 Å². The molecule has 0 saturated carbocycles. The van der Waals surface area contributed by atoms with Crippen LogP contribution in [0.2, 0.25) is 5.02 Å². The topological polar surface area (TPSA) is 187 Å². The van der Waals surface area contributed by atoms with Gasteiger partial charge < -0.3 is 5.73 Å². The molecule has 1 rings (SSSR count). The van der Waals surface area contributed by atoms with Crippen molar-refractivity contribution in [3.8, 4) is 0 Å². The smallest absolute Gasteiger partial charge is 0.392 e. The molecule has 0 amide bonds. The molecule has 0 spiro atoms. The number of halogens is 1. The molecule has 0 bridgehead atoms. The third kappa shape index (κ3) is 6.46. The van der Waals surface area contributed by atoms with Crippen molar-refractivity contribution in [2.24, 2.45) is 0 Å². The molecule has 0 aromatic heterocycles. The van der Waals surface area contributed by atoms with Crippen molar-refractivity contribution in [1.82, 2.24) is 0 Å². The Morgan fingerprint density at radius 2 is 1.58 bits per heavy atom. The van der Waals surface area contributed by atoms with Crippen LogP contribution in [0.5, 0.6) is 0 Å². The van der Waals surface area contributed by atoms with Gasteiger partial charge in [0.05, 0.1) is 20.9 Å². The lowest BCUT2D eigenvalue weighted by atomic mass is 10.2. The van der Waals surface area contributed by atoms with Gasteiger partial charge in [-0.25, -0.2) is 0 Å². The van der Waals surface area contributed by atoms with Crippen molar-refractivity contribution in [3.63, 3.8) is 0 Å². The molecule has 106 valence electrons. The maximum Gasteiger partial charge on any atom is 0.394 e. The van der Waals surface area contributed by atoms with E-state index < -0.39 is 31.6 Å². The minimum Gasteiger partial charge on any atom is -0.392 e. The lowest BCUT2D eigenvalue weighted by Crippen LogP contribution is -1.98. The first-order chi connectivity index (χ1) is 8.43. The average molecular weight is 316 g/mol. The van der Waals surface area contributed by atoms with Crippen molar-refractivity contribution in [3.05, 3.63) is 37.4 Å². The zero-order chi connectivity index (χ0) is 15.4. The summed E-state index contributed by atoms with van der Waals surface area (Å²) < 4.78 is 31.6. The highest BCUT2D eigenvalue weighted by Crippen LogP contribution is 2.33. The van der Waals surface area contributed by atoms with Gasteiger partial charge in [-0.2, -0.15) is 8.42 Å². The molecule has 0 aliphatic heterocycles. The minimum absolute atomic E-state index is 0.203. The van der Waals surface area contributed by atoms with Crippen LogP contribution in [0.4, 0.5) is 17.1 Å². The van der Waals surface area contributed by atoms with Crippen molar-refractivity contribution < 1.29 is 27.4 Å². The molecular formula is C6H6ClN3O8S. The molecule has 1 aromatic carbocycles. The summed E-state index contributed by atoms with van der Waals surface area (Å²) in [5.41, 5.74) is 3.95. The van der Waals surface area contributed by atoms with Gasteiger partial charge >= 0.3 is 16.1 Å². The number of hydrogen-bond donors (Lipinski definition) is 3. The first kappa shape index (κ1) is 17.0. The summed E-state index contributed by atoms with van der Waals surface area (Å²) >= 11 is 5.47. The van der Waals surface area contributed by atoms with Gasteiger partial charge in [-0.1, -0.05) is 11.6 Å². The number of nitro groups is 2. The third-order valence-corrected chi connectivity index (χ3v) is 1.81. The summed E-state index contributed by atoms with van der Waals surface area (Å²) in [6.07, 6.45) is 0. The third-order valence-electron chi connectivity index (χ3n) is 1.50. The molecule has 0 atom stereocenters. The Labute approximate surface area is 110 Å². The van der Waals surface area contributed by atoms with E-state index in [1.807, 2.05) is 0 Å². The van der Waals surface area contributed by atoms with Crippen LogP contribution < -0.4 is 5.73 Å². The SMILES string of the molecule is Nc1c(Cl)cc([N+](=O)[O-])cc1[N+](=O)[O-].O=S(=O)(O)O. The lowest BCUT2D eigenvalue weighted by Gasteiger charge is -1.99.